The van der Waals surface area contributed by atoms with Gasteiger partial charge in [-0.15, -0.1) is 4.40 Å². The van der Waals surface area contributed by atoms with Gasteiger partial charge < -0.3 is 5.32 Å². The van der Waals surface area contributed by atoms with Gasteiger partial charge in [-0.2, -0.15) is 8.42 Å². The van der Waals surface area contributed by atoms with Crippen LogP contribution in [0.3, 0.4) is 0 Å². The zero-order valence-electron chi connectivity index (χ0n) is 8.29. The number of nitrogens with one attached hydrogen (secondary N) is 1. The molecule has 0 unspecified atom stereocenters. The molecule has 1 aromatic rings. The second kappa shape index (κ2) is 3.91. The van der Waals surface area contributed by atoms with Crippen molar-refractivity contribution in [3.05, 3.63) is 22.2 Å². The van der Waals surface area contributed by atoms with Crippen molar-refractivity contribution < 1.29 is 8.42 Å². The first-order valence-corrected chi connectivity index (χ1v) is 6.73. The summed E-state index contributed by atoms with van der Waals surface area (Å²) in [7, 11) is -3.72. The summed E-state index contributed by atoms with van der Waals surface area (Å²) in [4.78, 5) is -0.0178. The van der Waals surface area contributed by atoms with Crippen LogP contribution >= 0.6 is 23.2 Å². The molecule has 0 atom stereocenters. The Labute approximate surface area is 103 Å². The molecule has 1 aromatic carbocycles. The van der Waals surface area contributed by atoms with Gasteiger partial charge in [0.25, 0.3) is 10.0 Å². The fourth-order valence-electron chi connectivity index (χ4n) is 1.44. The Morgan fingerprint density at radius 1 is 1.38 bits per heavy atom. The number of anilines is 1. The minimum Gasteiger partial charge on any atom is -0.342 e. The van der Waals surface area contributed by atoms with Gasteiger partial charge in [0.05, 0.1) is 10.7 Å². The highest BCUT2D eigenvalue weighted by Gasteiger charge is 2.27. The van der Waals surface area contributed by atoms with Gasteiger partial charge in [0.2, 0.25) is 0 Å². The van der Waals surface area contributed by atoms with E-state index in [1.54, 1.807) is 6.92 Å². The Morgan fingerprint density at radius 2 is 2.06 bits per heavy atom. The molecule has 0 aliphatic carbocycles. The number of hydrogen-bond donors (Lipinski definition) is 1. The first kappa shape index (κ1) is 11.7. The third kappa shape index (κ3) is 1.90. The van der Waals surface area contributed by atoms with Crippen LogP contribution in [0.5, 0.6) is 0 Å². The number of hydrogen-bond acceptors (Lipinski definition) is 3. The van der Waals surface area contributed by atoms with Gasteiger partial charge in [0, 0.05) is 11.4 Å². The predicted octanol–water partition coefficient (Wildman–Crippen LogP) is 2.92. The van der Waals surface area contributed by atoms with Crippen molar-refractivity contribution in [3.63, 3.8) is 0 Å². The molecule has 0 spiro atoms. The highest BCUT2D eigenvalue weighted by atomic mass is 35.5. The van der Waals surface area contributed by atoms with Crippen molar-refractivity contribution in [2.45, 2.75) is 18.2 Å². The SMILES string of the molecule is CCC1=NS(=O)(=O)c2c(Cl)cc(Cl)cc2N1. The topological polar surface area (TPSA) is 58.5 Å². The zero-order chi connectivity index (χ0) is 11.9. The van der Waals surface area contributed by atoms with Gasteiger partial charge in [0.15, 0.2) is 0 Å². The quantitative estimate of drug-likeness (QED) is 0.859. The lowest BCUT2D eigenvalue weighted by Crippen LogP contribution is -2.20. The third-order valence-corrected chi connectivity index (χ3v) is 4.16. The summed E-state index contributed by atoms with van der Waals surface area (Å²) in [5.74, 6) is 0.380. The van der Waals surface area contributed by atoms with Gasteiger partial charge in [0.1, 0.15) is 10.7 Å². The molecule has 7 heteroatoms. The summed E-state index contributed by atoms with van der Waals surface area (Å²) in [6.07, 6.45) is 0.489. The Hall–Kier alpha value is -0.780. The van der Waals surface area contributed by atoms with E-state index < -0.39 is 10.0 Å². The summed E-state index contributed by atoms with van der Waals surface area (Å²) in [6, 6.07) is 2.90. The van der Waals surface area contributed by atoms with Crippen molar-refractivity contribution in [3.8, 4) is 0 Å². The molecular weight excluding hydrogens is 271 g/mol. The highest BCUT2D eigenvalue weighted by Crippen LogP contribution is 2.36. The Bertz CT molecular complexity index is 581. The van der Waals surface area contributed by atoms with E-state index in [1.165, 1.54) is 12.1 Å². The first-order chi connectivity index (χ1) is 7.44. The van der Waals surface area contributed by atoms with Crippen LogP contribution in [0, 0.1) is 0 Å². The lowest BCUT2D eigenvalue weighted by molar-refractivity contribution is 0.597. The van der Waals surface area contributed by atoms with E-state index >= 15 is 0 Å². The number of sulfonamides is 1. The van der Waals surface area contributed by atoms with Crippen molar-refractivity contribution in [1.82, 2.24) is 0 Å². The molecule has 1 heterocycles. The highest BCUT2D eigenvalue weighted by molar-refractivity contribution is 7.90. The molecule has 0 aromatic heterocycles. The molecule has 0 saturated carbocycles. The maximum atomic E-state index is 11.8. The molecule has 0 fully saturated rings. The Morgan fingerprint density at radius 3 is 2.69 bits per heavy atom. The largest absolute Gasteiger partial charge is 0.342 e. The molecule has 0 saturated heterocycles. The molecule has 16 heavy (non-hydrogen) atoms. The number of fused-ring (bicyclic) bond motifs is 1. The van der Waals surface area contributed by atoms with E-state index in [0.717, 1.165) is 0 Å². The van der Waals surface area contributed by atoms with Gasteiger partial charge >= 0.3 is 0 Å². The molecule has 1 N–H and O–H groups in total. The van der Waals surface area contributed by atoms with Crippen molar-refractivity contribution in [2.75, 3.05) is 5.32 Å². The van der Waals surface area contributed by atoms with Gasteiger partial charge in [-0.05, 0) is 12.1 Å². The van der Waals surface area contributed by atoms with Crippen molar-refractivity contribution >= 4 is 44.7 Å². The molecular formula is C9H8Cl2N2O2S. The number of amidine groups is 1. The van der Waals surface area contributed by atoms with Crippen LogP contribution in [-0.2, 0) is 10.0 Å². The van der Waals surface area contributed by atoms with E-state index in [-0.39, 0.29) is 9.92 Å². The van der Waals surface area contributed by atoms with Crippen LogP contribution < -0.4 is 5.32 Å². The summed E-state index contributed by atoms with van der Waals surface area (Å²) in [6.45, 7) is 1.80. The minimum atomic E-state index is -3.72. The monoisotopic (exact) mass is 278 g/mol. The fourth-order valence-corrected chi connectivity index (χ4v) is 3.47. The average molecular weight is 279 g/mol. The van der Waals surface area contributed by atoms with Crippen molar-refractivity contribution in [2.24, 2.45) is 4.40 Å². The number of benzene rings is 1. The van der Waals surface area contributed by atoms with Crippen LogP contribution in [0.25, 0.3) is 0 Å². The Balaban J connectivity index is 2.72. The standard InChI is InChI=1S/C9H8Cl2N2O2S/c1-2-8-12-7-4-5(10)3-6(11)9(7)16(14,15)13-8/h3-4H,2H2,1H3,(H,12,13). The first-order valence-electron chi connectivity index (χ1n) is 4.54. The zero-order valence-corrected chi connectivity index (χ0v) is 10.6. The van der Waals surface area contributed by atoms with E-state index in [2.05, 4.69) is 9.71 Å². The maximum absolute atomic E-state index is 11.8. The fraction of sp³-hybridized carbons (Fsp3) is 0.222. The van der Waals surface area contributed by atoms with Gasteiger partial charge in [-0.25, -0.2) is 0 Å². The van der Waals surface area contributed by atoms with Gasteiger partial charge in [-0.3, -0.25) is 0 Å². The number of rotatable bonds is 1. The average Bonchev–Trinajstić information content (AvgIpc) is 2.13. The lowest BCUT2D eigenvalue weighted by atomic mass is 10.3. The molecule has 4 nitrogen and oxygen atoms in total. The molecule has 0 radical (unpaired) electrons. The van der Waals surface area contributed by atoms with E-state index in [4.69, 9.17) is 23.2 Å². The van der Waals surface area contributed by atoms with Crippen LogP contribution in [0.15, 0.2) is 21.4 Å². The second-order valence-electron chi connectivity index (χ2n) is 3.26. The summed E-state index contributed by atoms with van der Waals surface area (Å²) in [5.41, 5.74) is 0.379. The number of nitrogens with zero attached hydrogens (tertiary/aromatic N) is 1. The van der Waals surface area contributed by atoms with E-state index in [0.29, 0.717) is 23.0 Å². The molecule has 0 bridgehead atoms. The summed E-state index contributed by atoms with van der Waals surface area (Å²) < 4.78 is 27.3. The maximum Gasteiger partial charge on any atom is 0.287 e. The summed E-state index contributed by atoms with van der Waals surface area (Å²) >= 11 is 11.7. The molecule has 1 aliphatic rings. The normalized spacial score (nSPS) is 17.3. The smallest absolute Gasteiger partial charge is 0.287 e. The van der Waals surface area contributed by atoms with E-state index in [9.17, 15) is 8.42 Å². The molecule has 1 aliphatic heterocycles. The predicted molar refractivity (Wildman–Crippen MR) is 65.0 cm³/mol. The third-order valence-electron chi connectivity index (χ3n) is 2.11. The Kier molecular flexibility index (Phi) is 2.86. The summed E-state index contributed by atoms with van der Waals surface area (Å²) in [5, 5.41) is 3.34. The second-order valence-corrected chi connectivity index (χ2v) is 5.64. The molecule has 2 rings (SSSR count). The lowest BCUT2D eigenvalue weighted by Gasteiger charge is -2.18. The van der Waals surface area contributed by atoms with Crippen LogP contribution in [-0.4, -0.2) is 14.3 Å². The number of halogens is 2. The minimum absolute atomic E-state index is 0.0178. The van der Waals surface area contributed by atoms with Crippen molar-refractivity contribution in [1.29, 1.82) is 0 Å². The van der Waals surface area contributed by atoms with Crippen LogP contribution in [0.4, 0.5) is 5.69 Å². The van der Waals surface area contributed by atoms with E-state index in [1.807, 2.05) is 0 Å². The molecule has 86 valence electrons. The molecule has 0 amide bonds. The van der Waals surface area contributed by atoms with Gasteiger partial charge in [-0.1, -0.05) is 30.1 Å². The van der Waals surface area contributed by atoms with Crippen LogP contribution in [0.2, 0.25) is 10.0 Å². The van der Waals surface area contributed by atoms with Crippen LogP contribution in [0.1, 0.15) is 13.3 Å².